The number of carbonyl (C=O) groups excluding carboxylic acids is 1. The van der Waals surface area contributed by atoms with Crippen molar-refractivity contribution < 1.29 is 19.4 Å². The van der Waals surface area contributed by atoms with E-state index in [9.17, 15) is 19.4 Å². The van der Waals surface area contributed by atoms with Gasteiger partial charge >= 0.3 is 0 Å². The molecule has 0 radical (unpaired) electrons. The molecule has 0 aliphatic carbocycles. The molecule has 1 saturated heterocycles. The lowest BCUT2D eigenvalue weighted by Crippen LogP contribution is -2.39. The zero-order valence-corrected chi connectivity index (χ0v) is 10.1. The van der Waals surface area contributed by atoms with Gasteiger partial charge in [-0.1, -0.05) is 6.92 Å². The van der Waals surface area contributed by atoms with Crippen molar-refractivity contribution in [3.8, 4) is 5.75 Å². The second-order valence-electron chi connectivity index (χ2n) is 4.68. The molecule has 2 N–H and O–H groups in total. The lowest BCUT2D eigenvalue weighted by molar-refractivity contribution is 0.0644. The first-order valence-corrected chi connectivity index (χ1v) is 5.95. The number of benzene rings is 1. The number of aliphatic hydroxyl groups excluding tert-OH is 1. The Morgan fingerprint density at radius 2 is 2.28 bits per heavy atom. The average molecular weight is 253 g/mol. The molecule has 4 nitrogen and oxygen atoms in total. The summed E-state index contributed by atoms with van der Waals surface area (Å²) in [6.07, 6.45) is 0.799. The van der Waals surface area contributed by atoms with Gasteiger partial charge in [-0.15, -0.1) is 0 Å². The molecule has 1 aromatic rings. The maximum absolute atomic E-state index is 13.1. The molecule has 1 aromatic carbocycles. The number of aromatic hydroxyl groups is 1. The van der Waals surface area contributed by atoms with Crippen LogP contribution in [0.1, 0.15) is 23.7 Å². The Kier molecular flexibility index (Phi) is 3.52. The van der Waals surface area contributed by atoms with Gasteiger partial charge in [-0.05, 0) is 30.5 Å². The molecule has 18 heavy (non-hydrogen) atoms. The van der Waals surface area contributed by atoms with E-state index >= 15 is 0 Å². The van der Waals surface area contributed by atoms with E-state index in [1.807, 2.05) is 6.92 Å². The molecule has 0 spiro atoms. The maximum Gasteiger partial charge on any atom is 0.258 e. The van der Waals surface area contributed by atoms with Gasteiger partial charge in [0.15, 0.2) is 0 Å². The Hall–Kier alpha value is -1.62. The maximum atomic E-state index is 13.1. The van der Waals surface area contributed by atoms with E-state index in [1.165, 1.54) is 4.90 Å². The first kappa shape index (κ1) is 12.8. The van der Waals surface area contributed by atoms with E-state index in [1.54, 1.807) is 0 Å². The third kappa shape index (κ3) is 2.18. The Bertz CT molecular complexity index is 464. The van der Waals surface area contributed by atoms with Gasteiger partial charge in [0.25, 0.3) is 5.91 Å². The molecule has 2 unspecified atom stereocenters. The van der Waals surface area contributed by atoms with Crippen molar-refractivity contribution in [3.05, 3.63) is 29.6 Å². The molecule has 1 amide bonds. The van der Waals surface area contributed by atoms with E-state index < -0.39 is 11.7 Å². The van der Waals surface area contributed by atoms with Crippen LogP contribution in [0.2, 0.25) is 0 Å². The summed E-state index contributed by atoms with van der Waals surface area (Å²) in [5, 5.41) is 18.9. The Balaban J connectivity index is 2.28. The highest BCUT2D eigenvalue weighted by Crippen LogP contribution is 2.28. The summed E-state index contributed by atoms with van der Waals surface area (Å²) in [5.41, 5.74) is -0.0532. The summed E-state index contributed by atoms with van der Waals surface area (Å²) in [4.78, 5) is 13.7. The minimum absolute atomic E-state index is 0.0532. The fourth-order valence-electron chi connectivity index (χ4n) is 2.37. The number of phenols is 1. The summed E-state index contributed by atoms with van der Waals surface area (Å²) < 4.78 is 13.1. The topological polar surface area (TPSA) is 60.8 Å². The van der Waals surface area contributed by atoms with Crippen LogP contribution in [0.25, 0.3) is 0 Å². The molecule has 0 aromatic heterocycles. The molecule has 1 fully saturated rings. The van der Waals surface area contributed by atoms with Crippen molar-refractivity contribution in [3.63, 3.8) is 0 Å². The van der Waals surface area contributed by atoms with Crippen molar-refractivity contribution in [1.82, 2.24) is 4.90 Å². The van der Waals surface area contributed by atoms with Gasteiger partial charge in [-0.3, -0.25) is 4.79 Å². The van der Waals surface area contributed by atoms with Crippen LogP contribution in [0, 0.1) is 11.7 Å². The molecule has 2 rings (SSSR count). The number of aliphatic hydroxyl groups is 1. The highest BCUT2D eigenvalue weighted by atomic mass is 19.1. The van der Waals surface area contributed by atoms with E-state index in [-0.39, 0.29) is 29.9 Å². The summed E-state index contributed by atoms with van der Waals surface area (Å²) in [6.45, 7) is 2.35. The Morgan fingerprint density at radius 3 is 2.94 bits per heavy atom. The number of rotatable bonds is 2. The van der Waals surface area contributed by atoms with E-state index in [0.29, 0.717) is 6.54 Å². The van der Waals surface area contributed by atoms with E-state index in [0.717, 1.165) is 24.6 Å². The number of hydrogen-bond donors (Lipinski definition) is 2. The standard InChI is InChI=1S/C13H16FNO3/c1-8-4-5-15(11(8)7-16)13(18)10-6-9(14)2-3-12(10)17/h2-3,6,8,11,16-17H,4-5,7H2,1H3. The Labute approximate surface area is 105 Å². The third-order valence-electron chi connectivity index (χ3n) is 3.52. The zero-order valence-electron chi connectivity index (χ0n) is 10.1. The van der Waals surface area contributed by atoms with Crippen LogP contribution < -0.4 is 0 Å². The number of amides is 1. The third-order valence-corrected chi connectivity index (χ3v) is 3.52. The molecule has 5 heteroatoms. The molecule has 2 atom stereocenters. The second kappa shape index (κ2) is 4.94. The van der Waals surface area contributed by atoms with Crippen molar-refractivity contribution >= 4 is 5.91 Å². The van der Waals surface area contributed by atoms with Crippen LogP contribution in [0.3, 0.4) is 0 Å². The first-order chi connectivity index (χ1) is 8.54. The summed E-state index contributed by atoms with van der Waals surface area (Å²) in [7, 11) is 0. The number of halogens is 1. The molecule has 1 aliphatic heterocycles. The largest absolute Gasteiger partial charge is 0.507 e. The van der Waals surface area contributed by atoms with Gasteiger partial charge in [-0.2, -0.15) is 0 Å². The highest BCUT2D eigenvalue weighted by Gasteiger charge is 2.35. The number of phenolic OH excluding ortho intramolecular Hbond substituents is 1. The summed E-state index contributed by atoms with van der Waals surface area (Å²) in [6, 6.07) is 3.02. The second-order valence-corrected chi connectivity index (χ2v) is 4.68. The predicted molar refractivity (Wildman–Crippen MR) is 63.8 cm³/mol. The van der Waals surface area contributed by atoms with Gasteiger partial charge < -0.3 is 15.1 Å². The summed E-state index contributed by atoms with van der Waals surface area (Å²) >= 11 is 0. The quantitative estimate of drug-likeness (QED) is 0.837. The lowest BCUT2D eigenvalue weighted by Gasteiger charge is -2.25. The van der Waals surface area contributed by atoms with Crippen molar-refractivity contribution in [2.45, 2.75) is 19.4 Å². The average Bonchev–Trinajstić information content (AvgIpc) is 2.72. The lowest BCUT2D eigenvalue weighted by atomic mass is 10.0. The monoisotopic (exact) mass is 253 g/mol. The van der Waals surface area contributed by atoms with Gasteiger partial charge in [0.2, 0.25) is 0 Å². The SMILES string of the molecule is CC1CCN(C(=O)c2cc(F)ccc2O)C1CO. The van der Waals surface area contributed by atoms with Crippen molar-refractivity contribution in [1.29, 1.82) is 0 Å². The van der Waals surface area contributed by atoms with Gasteiger partial charge in [0.05, 0.1) is 18.2 Å². The van der Waals surface area contributed by atoms with Gasteiger partial charge in [-0.25, -0.2) is 4.39 Å². The van der Waals surface area contributed by atoms with Crippen LogP contribution in [-0.4, -0.2) is 40.2 Å². The fraction of sp³-hybridized carbons (Fsp3) is 0.462. The van der Waals surface area contributed by atoms with Crippen LogP contribution in [-0.2, 0) is 0 Å². The van der Waals surface area contributed by atoms with Gasteiger partial charge in [0, 0.05) is 6.54 Å². The number of likely N-dealkylation sites (tertiary alicyclic amines) is 1. The normalized spacial score (nSPS) is 23.4. The smallest absolute Gasteiger partial charge is 0.258 e. The number of carbonyl (C=O) groups is 1. The molecule has 98 valence electrons. The molecule has 1 aliphatic rings. The fourth-order valence-corrected chi connectivity index (χ4v) is 2.37. The predicted octanol–water partition coefficient (Wildman–Crippen LogP) is 1.37. The van der Waals surface area contributed by atoms with Crippen LogP contribution in [0.4, 0.5) is 4.39 Å². The van der Waals surface area contributed by atoms with Crippen molar-refractivity contribution in [2.75, 3.05) is 13.2 Å². The molecule has 0 bridgehead atoms. The minimum atomic E-state index is -0.566. The molecular formula is C13H16FNO3. The highest BCUT2D eigenvalue weighted by molar-refractivity contribution is 5.97. The van der Waals surface area contributed by atoms with Crippen molar-refractivity contribution in [2.24, 2.45) is 5.92 Å². The Morgan fingerprint density at radius 1 is 1.56 bits per heavy atom. The van der Waals surface area contributed by atoms with Crippen LogP contribution in [0.15, 0.2) is 18.2 Å². The van der Waals surface area contributed by atoms with Crippen LogP contribution in [0.5, 0.6) is 5.75 Å². The number of nitrogens with zero attached hydrogens (tertiary/aromatic N) is 1. The number of hydrogen-bond acceptors (Lipinski definition) is 3. The first-order valence-electron chi connectivity index (χ1n) is 5.95. The minimum Gasteiger partial charge on any atom is -0.507 e. The molecule has 1 heterocycles. The van der Waals surface area contributed by atoms with E-state index in [4.69, 9.17) is 0 Å². The zero-order chi connectivity index (χ0) is 13.3. The molecule has 0 saturated carbocycles. The van der Waals surface area contributed by atoms with Gasteiger partial charge in [0.1, 0.15) is 11.6 Å². The van der Waals surface area contributed by atoms with E-state index in [2.05, 4.69) is 0 Å². The van der Waals surface area contributed by atoms with Crippen LogP contribution >= 0.6 is 0 Å². The summed E-state index contributed by atoms with van der Waals surface area (Å²) in [5.74, 6) is -1.04. The molecular weight excluding hydrogens is 237 g/mol.